The molecule has 0 unspecified atom stereocenters. The van der Waals surface area contributed by atoms with E-state index in [1.165, 1.54) is 48.8 Å². The molecule has 2 N–H and O–H groups in total. The molecule has 0 radical (unpaired) electrons. The van der Waals surface area contributed by atoms with Gasteiger partial charge in [-0.15, -0.1) is 0 Å². The summed E-state index contributed by atoms with van der Waals surface area (Å²) in [5.74, 6) is -0.551. The second-order valence-electron chi connectivity index (χ2n) is 6.54. The number of amides is 1. The molecule has 3 heterocycles. The minimum absolute atomic E-state index is 0.00925. The van der Waals surface area contributed by atoms with Crippen molar-refractivity contribution in [3.8, 4) is 5.69 Å². The minimum atomic E-state index is -3.87. The molecule has 0 aliphatic rings. The smallest absolute Gasteiger partial charge is 0.261 e. The second kappa shape index (κ2) is 8.08. The molecular formula is C19H17N7O4S. The number of sulfonamides is 1. The standard InChI is InChI=1S/C19H17N7O4S/c1-25(31(29,30)13-5-4-8-20-9-13)11-17(27)24-15-6-2-3-7-16(15)26-18-14(10-23-26)19(28)22-12-21-18/h2-10,12H,11H2,1H3,(H,24,27)(H,21,22,28). The highest BCUT2D eigenvalue weighted by Crippen LogP contribution is 2.22. The summed E-state index contributed by atoms with van der Waals surface area (Å²) >= 11 is 0. The van der Waals surface area contributed by atoms with E-state index in [9.17, 15) is 18.0 Å². The average molecular weight is 439 g/mol. The Morgan fingerprint density at radius 1 is 1.19 bits per heavy atom. The van der Waals surface area contributed by atoms with Gasteiger partial charge >= 0.3 is 0 Å². The minimum Gasteiger partial charge on any atom is -0.323 e. The molecule has 0 aliphatic heterocycles. The Morgan fingerprint density at radius 3 is 2.77 bits per heavy atom. The molecule has 4 aromatic rings. The van der Waals surface area contributed by atoms with Crippen LogP contribution in [0.4, 0.5) is 5.69 Å². The van der Waals surface area contributed by atoms with Crippen molar-refractivity contribution in [1.29, 1.82) is 0 Å². The molecule has 4 rings (SSSR count). The van der Waals surface area contributed by atoms with E-state index < -0.39 is 22.5 Å². The van der Waals surface area contributed by atoms with Crippen LogP contribution in [-0.2, 0) is 14.8 Å². The Hall–Kier alpha value is -3.90. The first-order valence-corrected chi connectivity index (χ1v) is 10.5. The molecule has 0 spiro atoms. The van der Waals surface area contributed by atoms with Crippen LogP contribution in [0.5, 0.6) is 0 Å². The van der Waals surface area contributed by atoms with Crippen molar-refractivity contribution in [3.63, 3.8) is 0 Å². The van der Waals surface area contributed by atoms with Crippen LogP contribution in [0.3, 0.4) is 0 Å². The van der Waals surface area contributed by atoms with E-state index in [2.05, 4.69) is 25.4 Å². The summed E-state index contributed by atoms with van der Waals surface area (Å²) in [6.07, 6.45) is 5.33. The molecule has 11 nitrogen and oxygen atoms in total. The van der Waals surface area contributed by atoms with Gasteiger partial charge in [0.05, 0.1) is 30.4 Å². The van der Waals surface area contributed by atoms with Crippen LogP contribution < -0.4 is 10.9 Å². The van der Waals surface area contributed by atoms with E-state index in [1.807, 2.05) is 0 Å². The number of anilines is 1. The van der Waals surface area contributed by atoms with E-state index in [4.69, 9.17) is 0 Å². The molecule has 0 aliphatic carbocycles. The number of nitrogens with zero attached hydrogens (tertiary/aromatic N) is 5. The number of hydrogen-bond acceptors (Lipinski definition) is 7. The van der Waals surface area contributed by atoms with Crippen LogP contribution in [0.1, 0.15) is 0 Å². The number of fused-ring (bicyclic) bond motifs is 1. The fourth-order valence-corrected chi connectivity index (χ4v) is 4.04. The molecule has 0 saturated carbocycles. The highest BCUT2D eigenvalue weighted by molar-refractivity contribution is 7.89. The lowest BCUT2D eigenvalue weighted by atomic mass is 10.2. The van der Waals surface area contributed by atoms with Crippen LogP contribution in [0.15, 0.2) is 71.0 Å². The molecule has 31 heavy (non-hydrogen) atoms. The molecule has 0 atom stereocenters. The normalized spacial score (nSPS) is 11.7. The first kappa shape index (κ1) is 20.4. The van der Waals surface area contributed by atoms with Gasteiger partial charge in [0.2, 0.25) is 15.9 Å². The number of aromatic nitrogens is 5. The fraction of sp³-hybridized carbons (Fsp3) is 0.105. The van der Waals surface area contributed by atoms with Crippen LogP contribution in [0, 0.1) is 0 Å². The summed E-state index contributed by atoms with van der Waals surface area (Å²) in [7, 11) is -2.56. The maximum Gasteiger partial charge on any atom is 0.261 e. The topological polar surface area (TPSA) is 143 Å². The molecule has 0 fully saturated rings. The summed E-state index contributed by atoms with van der Waals surface area (Å²) in [5, 5.41) is 7.20. The van der Waals surface area contributed by atoms with Gasteiger partial charge in [0, 0.05) is 19.4 Å². The molecule has 158 valence electrons. The predicted octanol–water partition coefficient (Wildman–Crippen LogP) is 0.763. The van der Waals surface area contributed by atoms with Crippen molar-refractivity contribution in [2.24, 2.45) is 0 Å². The Balaban J connectivity index is 1.59. The number of pyridine rings is 1. The number of aromatic amines is 1. The van der Waals surface area contributed by atoms with Crippen molar-refractivity contribution in [2.45, 2.75) is 4.90 Å². The monoisotopic (exact) mass is 439 g/mol. The van der Waals surface area contributed by atoms with Crippen LogP contribution in [0.25, 0.3) is 16.7 Å². The van der Waals surface area contributed by atoms with Crippen molar-refractivity contribution < 1.29 is 13.2 Å². The zero-order valence-electron chi connectivity index (χ0n) is 16.3. The van der Waals surface area contributed by atoms with Gasteiger partial charge in [-0.2, -0.15) is 9.40 Å². The summed E-state index contributed by atoms with van der Waals surface area (Å²) < 4.78 is 27.6. The third-order valence-electron chi connectivity index (χ3n) is 4.49. The fourth-order valence-electron chi connectivity index (χ4n) is 2.95. The molecule has 12 heteroatoms. The predicted molar refractivity (Wildman–Crippen MR) is 112 cm³/mol. The van der Waals surface area contributed by atoms with Gasteiger partial charge < -0.3 is 10.3 Å². The van der Waals surface area contributed by atoms with Gasteiger partial charge in [0.15, 0.2) is 5.65 Å². The number of para-hydroxylation sites is 2. The largest absolute Gasteiger partial charge is 0.323 e. The number of rotatable bonds is 6. The van der Waals surface area contributed by atoms with Crippen molar-refractivity contribution in [2.75, 3.05) is 18.9 Å². The lowest BCUT2D eigenvalue weighted by Crippen LogP contribution is -2.35. The zero-order valence-corrected chi connectivity index (χ0v) is 17.1. The lowest BCUT2D eigenvalue weighted by molar-refractivity contribution is -0.116. The summed E-state index contributed by atoms with van der Waals surface area (Å²) in [5.41, 5.74) is 0.843. The van der Waals surface area contributed by atoms with Gasteiger partial charge in [-0.25, -0.2) is 18.1 Å². The number of carbonyl (C=O) groups is 1. The van der Waals surface area contributed by atoms with Gasteiger partial charge in [-0.3, -0.25) is 14.6 Å². The van der Waals surface area contributed by atoms with Gasteiger partial charge in [0.1, 0.15) is 10.3 Å². The number of likely N-dealkylation sites (N-methyl/N-ethyl adjacent to an activating group) is 1. The third-order valence-corrected chi connectivity index (χ3v) is 6.27. The maximum absolute atomic E-state index is 12.6. The molecule has 1 aromatic carbocycles. The van der Waals surface area contributed by atoms with E-state index >= 15 is 0 Å². The van der Waals surface area contributed by atoms with E-state index in [-0.39, 0.29) is 10.5 Å². The maximum atomic E-state index is 12.6. The van der Waals surface area contributed by atoms with E-state index in [0.717, 1.165) is 4.31 Å². The third kappa shape index (κ3) is 3.93. The quantitative estimate of drug-likeness (QED) is 0.451. The molecule has 3 aromatic heterocycles. The first-order chi connectivity index (χ1) is 14.9. The van der Waals surface area contributed by atoms with Gasteiger partial charge in [-0.05, 0) is 24.3 Å². The Morgan fingerprint density at radius 2 is 2.00 bits per heavy atom. The first-order valence-electron chi connectivity index (χ1n) is 9.05. The Labute approximate surface area is 176 Å². The van der Waals surface area contributed by atoms with Crippen LogP contribution in [-0.4, -0.2) is 57.0 Å². The number of carbonyl (C=O) groups excluding carboxylic acids is 1. The van der Waals surface area contributed by atoms with E-state index in [1.54, 1.807) is 24.3 Å². The molecule has 1 amide bonds. The Bertz CT molecular complexity index is 1410. The van der Waals surface area contributed by atoms with Crippen LogP contribution >= 0.6 is 0 Å². The molecule has 0 saturated heterocycles. The van der Waals surface area contributed by atoms with Crippen LogP contribution in [0.2, 0.25) is 0 Å². The number of nitrogens with one attached hydrogen (secondary N) is 2. The SMILES string of the molecule is CN(CC(=O)Nc1ccccc1-n1ncc2c(=O)[nH]cnc21)S(=O)(=O)c1cccnc1. The van der Waals surface area contributed by atoms with Gasteiger partial charge in [0.25, 0.3) is 5.56 Å². The van der Waals surface area contributed by atoms with Crippen molar-refractivity contribution in [1.82, 2.24) is 29.0 Å². The van der Waals surface area contributed by atoms with Gasteiger partial charge in [-0.1, -0.05) is 12.1 Å². The lowest BCUT2D eigenvalue weighted by Gasteiger charge is -2.17. The number of hydrogen-bond donors (Lipinski definition) is 2. The number of benzene rings is 1. The highest BCUT2D eigenvalue weighted by atomic mass is 32.2. The number of H-pyrrole nitrogens is 1. The highest BCUT2D eigenvalue weighted by Gasteiger charge is 2.23. The van der Waals surface area contributed by atoms with Crippen molar-refractivity contribution >= 4 is 32.7 Å². The molecule has 0 bridgehead atoms. The average Bonchev–Trinajstić information content (AvgIpc) is 3.20. The summed E-state index contributed by atoms with van der Waals surface area (Å²) in [4.78, 5) is 35.0. The van der Waals surface area contributed by atoms with E-state index in [0.29, 0.717) is 22.4 Å². The summed E-state index contributed by atoms with van der Waals surface area (Å²) in [6.45, 7) is -0.413. The summed E-state index contributed by atoms with van der Waals surface area (Å²) in [6, 6.07) is 9.70. The zero-order chi connectivity index (χ0) is 22.0. The van der Waals surface area contributed by atoms with Crippen molar-refractivity contribution in [3.05, 3.63) is 71.7 Å². The Kier molecular flexibility index (Phi) is 5.31. The molecular weight excluding hydrogens is 422 g/mol. The second-order valence-corrected chi connectivity index (χ2v) is 8.59.